The molecule has 0 aromatic rings. The van der Waals surface area contributed by atoms with E-state index in [0.717, 1.165) is 19.7 Å². The van der Waals surface area contributed by atoms with Crippen molar-refractivity contribution in [3.63, 3.8) is 0 Å². The third-order valence-electron chi connectivity index (χ3n) is 1.92. The molecule has 0 aliphatic carbocycles. The predicted molar refractivity (Wildman–Crippen MR) is 46.9 cm³/mol. The molecule has 11 heavy (non-hydrogen) atoms. The molecule has 0 bridgehead atoms. The zero-order valence-corrected chi connectivity index (χ0v) is 7.21. The van der Waals surface area contributed by atoms with Crippen LogP contribution < -0.4 is 0 Å². The van der Waals surface area contributed by atoms with Crippen LogP contribution in [0.3, 0.4) is 0 Å². The standard InChI is InChI=1S/C7H13B2NO/c1-6-5-10(3-4-11-6)7(2,8)9/h6H,3-5H2,1-2H3. The van der Waals surface area contributed by atoms with Crippen LogP contribution in [-0.2, 0) is 4.74 Å². The number of ether oxygens (including phenoxy) is 1. The summed E-state index contributed by atoms with van der Waals surface area (Å²) in [5.41, 5.74) is 0. The number of rotatable bonds is 1. The summed E-state index contributed by atoms with van der Waals surface area (Å²) in [7, 11) is 11.4. The first kappa shape index (κ1) is 9.14. The minimum absolute atomic E-state index is 0.246. The molecule has 1 aliphatic rings. The molecule has 0 N–H and O–H groups in total. The Labute approximate surface area is 71.1 Å². The molecular formula is C7H13B2NO. The maximum atomic E-state index is 5.72. The van der Waals surface area contributed by atoms with Gasteiger partial charge < -0.3 is 9.64 Å². The fourth-order valence-electron chi connectivity index (χ4n) is 1.26. The number of nitrogens with zero attached hydrogens (tertiary/aromatic N) is 1. The van der Waals surface area contributed by atoms with Crippen molar-refractivity contribution in [1.82, 2.24) is 4.90 Å². The van der Waals surface area contributed by atoms with Gasteiger partial charge in [-0.2, -0.15) is 0 Å². The van der Waals surface area contributed by atoms with Gasteiger partial charge in [-0.05, 0) is 6.92 Å². The summed E-state index contributed by atoms with van der Waals surface area (Å²) in [6, 6.07) is 0. The second-order valence-corrected chi connectivity index (χ2v) is 3.35. The molecule has 1 fully saturated rings. The van der Waals surface area contributed by atoms with Gasteiger partial charge in [0.15, 0.2) is 0 Å². The molecule has 0 saturated carbocycles. The third kappa shape index (κ3) is 2.53. The van der Waals surface area contributed by atoms with Gasteiger partial charge in [0.1, 0.15) is 0 Å². The summed E-state index contributed by atoms with van der Waals surface area (Å²) in [5.74, 6) is 0. The van der Waals surface area contributed by atoms with E-state index in [4.69, 9.17) is 20.4 Å². The summed E-state index contributed by atoms with van der Waals surface area (Å²) in [5, 5.41) is -0.696. The van der Waals surface area contributed by atoms with Gasteiger partial charge in [0.25, 0.3) is 0 Å². The van der Waals surface area contributed by atoms with E-state index in [2.05, 4.69) is 0 Å². The Morgan fingerprint density at radius 3 is 2.55 bits per heavy atom. The summed E-state index contributed by atoms with van der Waals surface area (Å²) in [6.07, 6.45) is 0.246. The van der Waals surface area contributed by atoms with Crippen LogP contribution in [0.4, 0.5) is 0 Å². The van der Waals surface area contributed by atoms with Gasteiger partial charge in [-0.1, -0.05) is 12.3 Å². The molecule has 0 aromatic carbocycles. The molecule has 0 spiro atoms. The van der Waals surface area contributed by atoms with Crippen molar-refractivity contribution in [1.29, 1.82) is 0 Å². The maximum Gasteiger partial charge on any atom is 0.0820 e. The van der Waals surface area contributed by atoms with Crippen molar-refractivity contribution >= 4 is 15.7 Å². The van der Waals surface area contributed by atoms with Gasteiger partial charge in [0, 0.05) is 13.1 Å². The number of hydrogen-bond acceptors (Lipinski definition) is 2. The lowest BCUT2D eigenvalue weighted by atomic mass is 9.62. The molecule has 1 aliphatic heterocycles. The highest BCUT2D eigenvalue weighted by molar-refractivity contribution is 6.39. The van der Waals surface area contributed by atoms with E-state index in [1.807, 2.05) is 18.7 Å². The van der Waals surface area contributed by atoms with Crippen LogP contribution in [0.2, 0.25) is 0 Å². The predicted octanol–water partition coefficient (Wildman–Crippen LogP) is -0.282. The maximum absolute atomic E-state index is 5.72. The monoisotopic (exact) mass is 149 g/mol. The first-order chi connectivity index (χ1) is 5.00. The lowest BCUT2D eigenvalue weighted by Gasteiger charge is -2.41. The van der Waals surface area contributed by atoms with E-state index in [0.29, 0.717) is 0 Å². The van der Waals surface area contributed by atoms with Crippen molar-refractivity contribution in [3.8, 4) is 0 Å². The minimum atomic E-state index is -0.696. The fourth-order valence-corrected chi connectivity index (χ4v) is 1.26. The molecular weight excluding hydrogens is 136 g/mol. The highest BCUT2D eigenvalue weighted by Gasteiger charge is 2.25. The zero-order chi connectivity index (χ0) is 8.48. The van der Waals surface area contributed by atoms with Crippen LogP contribution in [0.5, 0.6) is 0 Å². The largest absolute Gasteiger partial charge is 0.376 e. The second-order valence-electron chi connectivity index (χ2n) is 3.35. The fraction of sp³-hybridized carbons (Fsp3) is 1.00. The molecule has 2 nitrogen and oxygen atoms in total. The zero-order valence-electron chi connectivity index (χ0n) is 7.21. The highest BCUT2D eigenvalue weighted by atomic mass is 16.5. The van der Waals surface area contributed by atoms with Crippen LogP contribution >= 0.6 is 0 Å². The Bertz CT molecular complexity index is 135. The van der Waals surface area contributed by atoms with Crippen LogP contribution in [0.1, 0.15) is 13.8 Å². The van der Waals surface area contributed by atoms with E-state index in [1.54, 1.807) is 0 Å². The Kier molecular flexibility index (Phi) is 2.66. The molecule has 58 valence electrons. The quantitative estimate of drug-likeness (QED) is 0.475. The molecule has 4 radical (unpaired) electrons. The van der Waals surface area contributed by atoms with Gasteiger partial charge in [-0.25, -0.2) is 0 Å². The van der Waals surface area contributed by atoms with Crippen LogP contribution in [0, 0.1) is 0 Å². The first-order valence-electron chi connectivity index (χ1n) is 3.94. The van der Waals surface area contributed by atoms with Gasteiger partial charge in [0.2, 0.25) is 0 Å². The third-order valence-corrected chi connectivity index (χ3v) is 1.92. The molecule has 4 heteroatoms. The van der Waals surface area contributed by atoms with Crippen molar-refractivity contribution < 1.29 is 4.74 Å². The van der Waals surface area contributed by atoms with Gasteiger partial charge in [-0.15, -0.1) is 0 Å². The van der Waals surface area contributed by atoms with E-state index in [-0.39, 0.29) is 6.10 Å². The Morgan fingerprint density at radius 2 is 2.18 bits per heavy atom. The molecule has 1 rings (SSSR count). The molecule has 1 saturated heterocycles. The average molecular weight is 149 g/mol. The van der Waals surface area contributed by atoms with Gasteiger partial charge in [-0.3, -0.25) is 0 Å². The highest BCUT2D eigenvalue weighted by Crippen LogP contribution is 2.11. The topological polar surface area (TPSA) is 12.5 Å². The van der Waals surface area contributed by atoms with Gasteiger partial charge in [0.05, 0.1) is 28.4 Å². The Balaban J connectivity index is 2.46. The van der Waals surface area contributed by atoms with E-state index >= 15 is 0 Å². The summed E-state index contributed by atoms with van der Waals surface area (Å²) in [4.78, 5) is 2.03. The molecule has 1 heterocycles. The van der Waals surface area contributed by atoms with Crippen LogP contribution in [0.25, 0.3) is 0 Å². The first-order valence-corrected chi connectivity index (χ1v) is 3.94. The van der Waals surface area contributed by atoms with Crippen LogP contribution in [-0.4, -0.2) is 51.7 Å². The van der Waals surface area contributed by atoms with Crippen LogP contribution in [0.15, 0.2) is 0 Å². The summed E-state index contributed by atoms with van der Waals surface area (Å²) >= 11 is 0. The van der Waals surface area contributed by atoms with Gasteiger partial charge >= 0.3 is 0 Å². The normalized spacial score (nSPS) is 28.7. The smallest absolute Gasteiger partial charge is 0.0820 e. The van der Waals surface area contributed by atoms with Crippen molar-refractivity contribution in [3.05, 3.63) is 0 Å². The molecule has 0 aromatic heterocycles. The number of morpholine rings is 1. The van der Waals surface area contributed by atoms with E-state index in [1.165, 1.54) is 0 Å². The second kappa shape index (κ2) is 3.20. The SMILES string of the molecule is [B]C([B])(C)N1CCOC(C)C1. The van der Waals surface area contributed by atoms with E-state index in [9.17, 15) is 0 Å². The van der Waals surface area contributed by atoms with E-state index < -0.39 is 5.34 Å². The Hall–Kier alpha value is 0.0499. The number of hydrogen-bond donors (Lipinski definition) is 0. The molecule has 0 amide bonds. The summed E-state index contributed by atoms with van der Waals surface area (Å²) < 4.78 is 5.35. The van der Waals surface area contributed by atoms with Crippen molar-refractivity contribution in [2.45, 2.75) is 25.3 Å². The van der Waals surface area contributed by atoms with Crippen molar-refractivity contribution in [2.75, 3.05) is 19.7 Å². The Morgan fingerprint density at radius 1 is 1.55 bits per heavy atom. The lowest BCUT2D eigenvalue weighted by Crippen LogP contribution is -2.54. The molecule has 1 atom stereocenters. The summed E-state index contributed by atoms with van der Waals surface area (Å²) in [6.45, 7) is 6.21. The molecule has 1 unspecified atom stereocenters. The van der Waals surface area contributed by atoms with Crippen molar-refractivity contribution in [2.24, 2.45) is 0 Å². The average Bonchev–Trinajstić information content (AvgIpc) is 1.86. The lowest BCUT2D eigenvalue weighted by molar-refractivity contribution is -0.0270. The minimum Gasteiger partial charge on any atom is -0.376 e.